The van der Waals surface area contributed by atoms with Crippen molar-refractivity contribution in [3.05, 3.63) is 12.2 Å². The van der Waals surface area contributed by atoms with E-state index >= 15 is 0 Å². The van der Waals surface area contributed by atoms with E-state index in [-0.39, 0.29) is 12.4 Å². The summed E-state index contributed by atoms with van der Waals surface area (Å²) in [6.07, 6.45) is 1.67. The van der Waals surface area contributed by atoms with Crippen molar-refractivity contribution >= 4 is 12.4 Å². The van der Waals surface area contributed by atoms with Gasteiger partial charge in [0, 0.05) is 32.2 Å². The Morgan fingerprint density at radius 2 is 2.28 bits per heavy atom. The Kier molecular flexibility index (Phi) is 6.05. The average Bonchev–Trinajstić information content (AvgIpc) is 2.68. The zero-order valence-electron chi connectivity index (χ0n) is 11.5. The molecule has 2 rings (SSSR count). The fourth-order valence-electron chi connectivity index (χ4n) is 2.21. The van der Waals surface area contributed by atoms with Crippen LogP contribution >= 0.6 is 12.4 Å². The van der Waals surface area contributed by atoms with Crippen molar-refractivity contribution in [2.75, 3.05) is 19.6 Å². The van der Waals surface area contributed by atoms with E-state index in [9.17, 15) is 0 Å². The first kappa shape index (κ1) is 15.4. The summed E-state index contributed by atoms with van der Waals surface area (Å²) in [5.74, 6) is 1.70. The van der Waals surface area contributed by atoms with Crippen molar-refractivity contribution in [2.45, 2.75) is 39.9 Å². The smallest absolute Gasteiger partial charge is 0.141 e. The summed E-state index contributed by atoms with van der Waals surface area (Å²) >= 11 is 0. The van der Waals surface area contributed by atoms with Crippen LogP contribution in [0, 0.1) is 5.92 Å². The van der Waals surface area contributed by atoms with Crippen molar-refractivity contribution in [1.29, 1.82) is 0 Å². The molecule has 0 radical (unpaired) electrons. The van der Waals surface area contributed by atoms with Crippen LogP contribution in [0.5, 0.6) is 0 Å². The topological polar surface area (TPSA) is 46.0 Å². The molecule has 1 saturated heterocycles. The standard InChI is InChI=1S/C12H23N5.ClH/c1-10(2)7-17-12(14-9-15-17)8-16-5-4-13-6-11(16)3;/h9-11,13H,4-8H2,1-3H3;1H/t11-;/m1./s1. The molecule has 0 aliphatic carbocycles. The molecule has 5 nitrogen and oxygen atoms in total. The molecule has 1 aliphatic rings. The Morgan fingerprint density at radius 1 is 1.50 bits per heavy atom. The highest BCUT2D eigenvalue weighted by atomic mass is 35.5. The third-order valence-corrected chi connectivity index (χ3v) is 3.22. The first-order valence-corrected chi connectivity index (χ1v) is 6.48. The van der Waals surface area contributed by atoms with Gasteiger partial charge in [-0.05, 0) is 12.8 Å². The molecule has 0 amide bonds. The fraction of sp³-hybridized carbons (Fsp3) is 0.833. The van der Waals surface area contributed by atoms with Crippen LogP contribution in [-0.2, 0) is 13.1 Å². The second-order valence-electron chi connectivity index (χ2n) is 5.28. The van der Waals surface area contributed by atoms with Gasteiger partial charge in [-0.25, -0.2) is 9.67 Å². The molecule has 0 spiro atoms. The van der Waals surface area contributed by atoms with Crippen molar-refractivity contribution in [1.82, 2.24) is 25.0 Å². The Balaban J connectivity index is 0.00000162. The molecule has 0 unspecified atom stereocenters. The Bertz CT molecular complexity index is 352. The lowest BCUT2D eigenvalue weighted by atomic mass is 10.2. The van der Waals surface area contributed by atoms with Gasteiger partial charge in [-0.15, -0.1) is 12.4 Å². The van der Waals surface area contributed by atoms with Crippen LogP contribution in [0.3, 0.4) is 0 Å². The number of aromatic nitrogens is 3. The van der Waals surface area contributed by atoms with Gasteiger partial charge in [-0.2, -0.15) is 5.10 Å². The zero-order chi connectivity index (χ0) is 12.3. The molecule has 1 aromatic heterocycles. The number of piperazine rings is 1. The van der Waals surface area contributed by atoms with Gasteiger partial charge in [0.25, 0.3) is 0 Å². The van der Waals surface area contributed by atoms with Crippen LogP contribution < -0.4 is 5.32 Å². The molecule has 1 fully saturated rings. The minimum atomic E-state index is 0. The summed E-state index contributed by atoms with van der Waals surface area (Å²) in [6.45, 7) is 11.8. The largest absolute Gasteiger partial charge is 0.314 e. The minimum absolute atomic E-state index is 0. The van der Waals surface area contributed by atoms with Crippen LogP contribution in [0.25, 0.3) is 0 Å². The monoisotopic (exact) mass is 273 g/mol. The van der Waals surface area contributed by atoms with E-state index in [1.807, 2.05) is 4.68 Å². The Morgan fingerprint density at radius 3 is 2.94 bits per heavy atom. The number of halogens is 1. The molecule has 18 heavy (non-hydrogen) atoms. The summed E-state index contributed by atoms with van der Waals surface area (Å²) in [6, 6.07) is 0.577. The highest BCUT2D eigenvalue weighted by Crippen LogP contribution is 2.09. The molecule has 1 atom stereocenters. The summed E-state index contributed by atoms with van der Waals surface area (Å²) in [5.41, 5.74) is 0. The lowest BCUT2D eigenvalue weighted by Gasteiger charge is -2.33. The summed E-state index contributed by atoms with van der Waals surface area (Å²) in [7, 11) is 0. The molecule has 1 aromatic rings. The number of rotatable bonds is 4. The number of nitrogens with one attached hydrogen (secondary N) is 1. The molecule has 1 N–H and O–H groups in total. The quantitative estimate of drug-likeness (QED) is 0.894. The molecule has 0 saturated carbocycles. The maximum atomic E-state index is 4.39. The van der Waals surface area contributed by atoms with Gasteiger partial charge in [0.15, 0.2) is 0 Å². The first-order chi connectivity index (χ1) is 8.16. The van der Waals surface area contributed by atoms with Crippen molar-refractivity contribution in [2.24, 2.45) is 5.92 Å². The third-order valence-electron chi connectivity index (χ3n) is 3.22. The zero-order valence-corrected chi connectivity index (χ0v) is 12.3. The highest BCUT2D eigenvalue weighted by Gasteiger charge is 2.20. The van der Waals surface area contributed by atoms with Crippen LogP contribution in [0.15, 0.2) is 6.33 Å². The predicted molar refractivity (Wildman–Crippen MR) is 74.8 cm³/mol. The van der Waals surface area contributed by atoms with Crippen molar-refractivity contribution < 1.29 is 0 Å². The van der Waals surface area contributed by atoms with Gasteiger partial charge in [-0.3, -0.25) is 4.90 Å². The van der Waals surface area contributed by atoms with Gasteiger partial charge < -0.3 is 5.32 Å². The second-order valence-corrected chi connectivity index (χ2v) is 5.28. The molecular weight excluding hydrogens is 250 g/mol. The lowest BCUT2D eigenvalue weighted by Crippen LogP contribution is -2.49. The van der Waals surface area contributed by atoms with Crippen LogP contribution in [0.4, 0.5) is 0 Å². The summed E-state index contributed by atoms with van der Waals surface area (Å²) in [5, 5.41) is 7.72. The third kappa shape index (κ3) is 3.93. The van der Waals surface area contributed by atoms with E-state index in [4.69, 9.17) is 0 Å². The Labute approximate surface area is 115 Å². The molecule has 0 aromatic carbocycles. The Hall–Kier alpha value is -0.650. The number of hydrogen-bond acceptors (Lipinski definition) is 4. The van der Waals surface area contributed by atoms with Crippen LogP contribution in [-0.4, -0.2) is 45.3 Å². The number of hydrogen-bond donors (Lipinski definition) is 1. The molecule has 1 aliphatic heterocycles. The molecule has 6 heteroatoms. The van der Waals surface area contributed by atoms with E-state index < -0.39 is 0 Å². The molecular formula is C12H24ClN5. The molecule has 104 valence electrons. The SMILES string of the molecule is CC(C)Cn1ncnc1CN1CCNC[C@H]1C.Cl. The maximum absolute atomic E-state index is 4.39. The van der Waals surface area contributed by atoms with Gasteiger partial charge in [0.05, 0.1) is 6.54 Å². The van der Waals surface area contributed by atoms with E-state index in [1.165, 1.54) is 0 Å². The first-order valence-electron chi connectivity index (χ1n) is 6.48. The van der Waals surface area contributed by atoms with Crippen molar-refractivity contribution in [3.63, 3.8) is 0 Å². The minimum Gasteiger partial charge on any atom is -0.314 e. The van der Waals surface area contributed by atoms with Crippen LogP contribution in [0.2, 0.25) is 0 Å². The lowest BCUT2D eigenvalue weighted by molar-refractivity contribution is 0.158. The van der Waals surface area contributed by atoms with E-state index in [0.717, 1.165) is 38.5 Å². The molecule has 2 heterocycles. The average molecular weight is 274 g/mol. The van der Waals surface area contributed by atoms with E-state index in [2.05, 4.69) is 41.1 Å². The van der Waals surface area contributed by atoms with Crippen LogP contribution in [0.1, 0.15) is 26.6 Å². The summed E-state index contributed by atoms with van der Waals surface area (Å²) in [4.78, 5) is 6.86. The maximum Gasteiger partial charge on any atom is 0.141 e. The van der Waals surface area contributed by atoms with Crippen molar-refractivity contribution in [3.8, 4) is 0 Å². The van der Waals surface area contributed by atoms with Gasteiger partial charge in [0.2, 0.25) is 0 Å². The van der Waals surface area contributed by atoms with E-state index in [1.54, 1.807) is 6.33 Å². The normalized spacial score (nSPS) is 21.0. The van der Waals surface area contributed by atoms with E-state index in [0.29, 0.717) is 12.0 Å². The van der Waals surface area contributed by atoms with Gasteiger partial charge in [-0.1, -0.05) is 13.8 Å². The molecule has 0 bridgehead atoms. The van der Waals surface area contributed by atoms with Gasteiger partial charge in [0.1, 0.15) is 12.2 Å². The second kappa shape index (κ2) is 7.07. The van der Waals surface area contributed by atoms with Gasteiger partial charge >= 0.3 is 0 Å². The predicted octanol–water partition coefficient (Wildman–Crippen LogP) is 1.15. The fourth-order valence-corrected chi connectivity index (χ4v) is 2.21. The number of nitrogens with zero attached hydrogens (tertiary/aromatic N) is 4. The highest BCUT2D eigenvalue weighted by molar-refractivity contribution is 5.85. The summed E-state index contributed by atoms with van der Waals surface area (Å²) < 4.78 is 2.04.